The molecular formula is C9H18N2O3S. The Kier molecular flexibility index (Phi) is 3.72. The second-order valence-corrected chi connectivity index (χ2v) is 6.49. The van der Waals surface area contributed by atoms with Crippen molar-refractivity contribution in [1.82, 2.24) is 9.62 Å². The van der Waals surface area contributed by atoms with Gasteiger partial charge in [0, 0.05) is 26.1 Å². The zero-order chi connectivity index (χ0) is 11.6. The summed E-state index contributed by atoms with van der Waals surface area (Å²) in [7, 11) is -1.53. The molecule has 0 aromatic rings. The molecule has 1 fully saturated rings. The lowest BCUT2D eigenvalue weighted by Crippen LogP contribution is -2.49. The van der Waals surface area contributed by atoms with Crippen LogP contribution in [0, 0.1) is 0 Å². The Balaban J connectivity index is 2.58. The number of hydrogen-bond acceptors (Lipinski definition) is 3. The Bertz CT molecular complexity index is 337. The average Bonchev–Trinajstić information content (AvgIpc) is 2.10. The van der Waals surface area contributed by atoms with Gasteiger partial charge in [-0.05, 0) is 20.3 Å². The number of hydrogen-bond donors (Lipinski definition) is 1. The van der Waals surface area contributed by atoms with Crippen molar-refractivity contribution in [3.63, 3.8) is 0 Å². The minimum absolute atomic E-state index is 0.0787. The highest BCUT2D eigenvalue weighted by molar-refractivity contribution is 7.90. The van der Waals surface area contributed by atoms with Gasteiger partial charge in [-0.15, -0.1) is 0 Å². The lowest BCUT2D eigenvalue weighted by atomic mass is 10.1. The van der Waals surface area contributed by atoms with E-state index >= 15 is 0 Å². The maximum absolute atomic E-state index is 11.6. The van der Waals surface area contributed by atoms with Gasteiger partial charge in [0.05, 0.1) is 5.25 Å². The van der Waals surface area contributed by atoms with Crippen molar-refractivity contribution >= 4 is 15.9 Å². The van der Waals surface area contributed by atoms with Crippen molar-refractivity contribution in [2.45, 2.75) is 38.0 Å². The van der Waals surface area contributed by atoms with Crippen LogP contribution in [0.2, 0.25) is 0 Å². The van der Waals surface area contributed by atoms with E-state index in [4.69, 9.17) is 0 Å². The first kappa shape index (κ1) is 12.4. The summed E-state index contributed by atoms with van der Waals surface area (Å²) in [6.07, 6.45) is 1.01. The van der Waals surface area contributed by atoms with Crippen molar-refractivity contribution < 1.29 is 13.2 Å². The fraction of sp³-hybridized carbons (Fsp3) is 0.889. The quantitative estimate of drug-likeness (QED) is 0.743. The number of likely N-dealkylation sites (tertiary alicyclic amines) is 1. The Hall–Kier alpha value is -0.620. The van der Waals surface area contributed by atoms with E-state index in [1.165, 1.54) is 0 Å². The maximum atomic E-state index is 11.6. The normalized spacial score (nSPS) is 23.6. The van der Waals surface area contributed by atoms with Crippen LogP contribution in [0.1, 0.15) is 26.7 Å². The molecule has 0 saturated carbocycles. The summed E-state index contributed by atoms with van der Waals surface area (Å²) in [6.45, 7) is 3.74. The van der Waals surface area contributed by atoms with Crippen LogP contribution in [0.15, 0.2) is 0 Å². The van der Waals surface area contributed by atoms with Crippen molar-refractivity contribution in [2.24, 2.45) is 0 Å². The van der Waals surface area contributed by atoms with Crippen LogP contribution < -0.4 is 4.72 Å². The van der Waals surface area contributed by atoms with Gasteiger partial charge in [-0.25, -0.2) is 13.1 Å². The molecule has 0 aromatic heterocycles. The van der Waals surface area contributed by atoms with Crippen LogP contribution in [0.25, 0.3) is 0 Å². The topological polar surface area (TPSA) is 66.5 Å². The number of nitrogens with zero attached hydrogens (tertiary/aromatic N) is 1. The highest BCUT2D eigenvalue weighted by Crippen LogP contribution is 2.11. The third-order valence-electron chi connectivity index (χ3n) is 2.58. The molecule has 1 N–H and O–H groups in total. The summed E-state index contributed by atoms with van der Waals surface area (Å²) >= 11 is 0. The molecule has 1 amide bonds. The van der Waals surface area contributed by atoms with Crippen molar-refractivity contribution in [1.29, 1.82) is 0 Å². The third kappa shape index (κ3) is 3.17. The fourth-order valence-corrected chi connectivity index (χ4v) is 2.41. The zero-order valence-electron chi connectivity index (χ0n) is 9.36. The summed E-state index contributed by atoms with van der Waals surface area (Å²) in [6, 6.07) is -0.139. The summed E-state index contributed by atoms with van der Waals surface area (Å²) < 4.78 is 25.8. The molecule has 1 unspecified atom stereocenters. The molecule has 1 rings (SSSR count). The molecule has 88 valence electrons. The molecule has 6 heteroatoms. The lowest BCUT2D eigenvalue weighted by Gasteiger charge is -2.30. The van der Waals surface area contributed by atoms with Crippen molar-refractivity contribution in [3.8, 4) is 0 Å². The number of piperidine rings is 1. The van der Waals surface area contributed by atoms with Gasteiger partial charge in [-0.1, -0.05) is 0 Å². The van der Waals surface area contributed by atoms with Crippen molar-refractivity contribution in [3.05, 3.63) is 0 Å². The Morgan fingerprint density at radius 2 is 2.07 bits per heavy atom. The zero-order valence-corrected chi connectivity index (χ0v) is 10.2. The highest BCUT2D eigenvalue weighted by atomic mass is 32.2. The lowest BCUT2D eigenvalue weighted by molar-refractivity contribution is -0.132. The van der Waals surface area contributed by atoms with Gasteiger partial charge < -0.3 is 4.90 Å². The van der Waals surface area contributed by atoms with Gasteiger partial charge in [-0.3, -0.25) is 4.79 Å². The van der Waals surface area contributed by atoms with E-state index in [9.17, 15) is 13.2 Å². The van der Waals surface area contributed by atoms with Gasteiger partial charge in [0.15, 0.2) is 0 Å². The first-order valence-electron chi connectivity index (χ1n) is 5.08. The second-order valence-electron chi connectivity index (χ2n) is 4.22. The first-order valence-corrected chi connectivity index (χ1v) is 6.62. The molecular weight excluding hydrogens is 216 g/mol. The second kappa shape index (κ2) is 4.49. The van der Waals surface area contributed by atoms with Crippen LogP contribution in [-0.2, 0) is 14.8 Å². The summed E-state index contributed by atoms with van der Waals surface area (Å²) in [5.41, 5.74) is 0. The minimum atomic E-state index is -3.23. The van der Waals surface area contributed by atoms with Gasteiger partial charge in [0.2, 0.25) is 15.9 Å². The molecule has 1 aliphatic rings. The van der Waals surface area contributed by atoms with Crippen LogP contribution in [0.3, 0.4) is 0 Å². The fourth-order valence-electron chi connectivity index (χ4n) is 1.48. The number of rotatable bonds is 3. The molecule has 1 heterocycles. The highest BCUT2D eigenvalue weighted by Gasteiger charge is 2.27. The number of nitrogens with one attached hydrogen (secondary N) is 1. The molecule has 0 radical (unpaired) electrons. The summed E-state index contributed by atoms with van der Waals surface area (Å²) in [5, 5.41) is -0.430. The molecule has 5 nitrogen and oxygen atoms in total. The predicted octanol–water partition coefficient (Wildman–Crippen LogP) is -0.0650. The van der Waals surface area contributed by atoms with E-state index in [0.717, 1.165) is 0 Å². The number of amides is 1. The third-order valence-corrected chi connectivity index (χ3v) is 4.48. The molecule has 0 bridgehead atoms. The maximum Gasteiger partial charge on any atom is 0.222 e. The Morgan fingerprint density at radius 1 is 1.47 bits per heavy atom. The molecule has 15 heavy (non-hydrogen) atoms. The number of carbonyl (C=O) groups excluding carboxylic acids is 1. The van der Waals surface area contributed by atoms with Gasteiger partial charge in [-0.2, -0.15) is 0 Å². The largest absolute Gasteiger partial charge is 0.344 e. The average molecular weight is 234 g/mol. The predicted molar refractivity (Wildman–Crippen MR) is 57.9 cm³/mol. The van der Waals surface area contributed by atoms with E-state index in [1.807, 2.05) is 0 Å². The van der Waals surface area contributed by atoms with Crippen LogP contribution in [0.5, 0.6) is 0 Å². The first-order chi connectivity index (χ1) is 6.83. The number of sulfonamides is 1. The molecule has 0 aliphatic carbocycles. The molecule has 1 atom stereocenters. The minimum Gasteiger partial charge on any atom is -0.344 e. The van der Waals surface area contributed by atoms with E-state index in [0.29, 0.717) is 19.4 Å². The van der Waals surface area contributed by atoms with Gasteiger partial charge in [0.1, 0.15) is 0 Å². The Morgan fingerprint density at radius 3 is 2.53 bits per heavy atom. The van der Waals surface area contributed by atoms with E-state index in [-0.39, 0.29) is 11.9 Å². The molecule has 0 aromatic carbocycles. The van der Waals surface area contributed by atoms with E-state index < -0.39 is 15.3 Å². The standard InChI is InChI=1S/C9H18N2O3S/c1-7(2)15(13,14)10-8-4-5-9(12)11(3)6-8/h7-8,10H,4-6H2,1-3H3. The van der Waals surface area contributed by atoms with Crippen LogP contribution >= 0.6 is 0 Å². The smallest absolute Gasteiger partial charge is 0.222 e. The number of likely N-dealkylation sites (N-methyl/N-ethyl adjacent to an activating group) is 1. The van der Waals surface area contributed by atoms with Crippen LogP contribution in [-0.4, -0.2) is 44.1 Å². The van der Waals surface area contributed by atoms with E-state index in [2.05, 4.69) is 4.72 Å². The Labute approximate surface area is 90.9 Å². The SMILES string of the molecule is CC(C)S(=O)(=O)NC1CCC(=O)N(C)C1. The van der Waals surface area contributed by atoms with E-state index in [1.54, 1.807) is 25.8 Å². The summed E-state index contributed by atoms with van der Waals surface area (Å²) in [5.74, 6) is 0.0787. The molecule has 0 spiro atoms. The molecule has 1 aliphatic heterocycles. The van der Waals surface area contributed by atoms with Gasteiger partial charge in [0.25, 0.3) is 0 Å². The van der Waals surface area contributed by atoms with Crippen LogP contribution in [0.4, 0.5) is 0 Å². The summed E-state index contributed by atoms with van der Waals surface area (Å²) in [4.78, 5) is 12.8. The molecule has 1 saturated heterocycles. The number of carbonyl (C=O) groups is 1. The monoisotopic (exact) mass is 234 g/mol. The van der Waals surface area contributed by atoms with Crippen molar-refractivity contribution in [2.75, 3.05) is 13.6 Å². The van der Waals surface area contributed by atoms with Gasteiger partial charge >= 0.3 is 0 Å².